The second-order valence-corrected chi connectivity index (χ2v) is 15.9. The number of hydrogen-bond acceptors (Lipinski definition) is 9. The van der Waals surface area contributed by atoms with Crippen molar-refractivity contribution in [3.63, 3.8) is 0 Å². The van der Waals surface area contributed by atoms with Crippen LogP contribution in [0, 0.1) is 0 Å². The Hall–Kier alpha value is -6.50. The molecule has 10 nitrogen and oxygen atoms in total. The SMILES string of the molecule is COC(=O)[C@H](Cc1ccccc1)NC(=O)NCc1cccc(-c2ccc([C@H]3O[C@@H](CSc4nc(-c5ccccc5)c(-c5ccccc5)o4)C[C@@H](c4ccc(CO)cc4)O3)cc2)c1. The van der Waals surface area contributed by atoms with Gasteiger partial charge in [0.25, 0.3) is 5.22 Å². The number of thioether (sulfide) groups is 1. The summed E-state index contributed by atoms with van der Waals surface area (Å²) in [6.45, 7) is 0.228. The summed E-state index contributed by atoms with van der Waals surface area (Å²) in [5.41, 5.74) is 9.22. The monoisotopic (exact) mass is 845 g/mol. The Kier molecular flexibility index (Phi) is 13.9. The van der Waals surface area contributed by atoms with Gasteiger partial charge in [-0.25, -0.2) is 14.6 Å². The topological polar surface area (TPSA) is 132 Å². The van der Waals surface area contributed by atoms with Crippen molar-refractivity contribution in [2.24, 2.45) is 0 Å². The molecule has 11 heteroatoms. The zero-order valence-corrected chi connectivity index (χ0v) is 35.0. The van der Waals surface area contributed by atoms with Crippen molar-refractivity contribution in [3.8, 4) is 33.7 Å². The van der Waals surface area contributed by atoms with Crippen molar-refractivity contribution < 1.29 is 33.3 Å². The van der Waals surface area contributed by atoms with Gasteiger partial charge in [-0.2, -0.15) is 0 Å². The lowest BCUT2D eigenvalue weighted by molar-refractivity contribution is -0.245. The summed E-state index contributed by atoms with van der Waals surface area (Å²) in [4.78, 5) is 30.3. The summed E-state index contributed by atoms with van der Waals surface area (Å²) in [6, 6.07) is 52.2. The second kappa shape index (κ2) is 20.4. The van der Waals surface area contributed by atoms with E-state index in [2.05, 4.69) is 10.6 Å². The van der Waals surface area contributed by atoms with Crippen molar-refractivity contribution in [1.29, 1.82) is 0 Å². The molecule has 0 unspecified atom stereocenters. The highest BCUT2D eigenvalue weighted by Crippen LogP contribution is 2.41. The summed E-state index contributed by atoms with van der Waals surface area (Å²) in [6.07, 6.45) is -0.155. The molecule has 1 aliphatic rings. The number of carbonyl (C=O) groups is 2. The molecule has 2 amide bonds. The van der Waals surface area contributed by atoms with Crippen LogP contribution in [0.1, 0.15) is 46.6 Å². The highest BCUT2D eigenvalue weighted by atomic mass is 32.2. The highest BCUT2D eigenvalue weighted by Gasteiger charge is 2.33. The van der Waals surface area contributed by atoms with Crippen LogP contribution >= 0.6 is 11.8 Å². The summed E-state index contributed by atoms with van der Waals surface area (Å²) >= 11 is 1.52. The molecule has 1 aliphatic heterocycles. The molecular weight excluding hydrogens is 799 g/mol. The molecule has 2 heterocycles. The van der Waals surface area contributed by atoms with Crippen LogP contribution in [0.3, 0.4) is 0 Å². The van der Waals surface area contributed by atoms with Crippen LogP contribution in [0.15, 0.2) is 173 Å². The molecule has 8 rings (SSSR count). The fraction of sp³-hybridized carbons (Fsp3) is 0.196. The predicted molar refractivity (Wildman–Crippen MR) is 240 cm³/mol. The zero-order chi connectivity index (χ0) is 42.7. The van der Waals surface area contributed by atoms with E-state index in [0.717, 1.165) is 61.5 Å². The molecule has 0 saturated carbocycles. The van der Waals surface area contributed by atoms with E-state index in [9.17, 15) is 14.7 Å². The van der Waals surface area contributed by atoms with E-state index in [1.54, 1.807) is 0 Å². The summed E-state index contributed by atoms with van der Waals surface area (Å²) in [5, 5.41) is 15.9. The van der Waals surface area contributed by atoms with Gasteiger partial charge in [0.1, 0.15) is 11.7 Å². The van der Waals surface area contributed by atoms with Crippen molar-refractivity contribution in [1.82, 2.24) is 15.6 Å². The molecule has 3 N–H and O–H groups in total. The second-order valence-electron chi connectivity index (χ2n) is 15.0. The fourth-order valence-corrected chi connectivity index (χ4v) is 8.24. The van der Waals surface area contributed by atoms with E-state index in [-0.39, 0.29) is 25.4 Å². The number of urea groups is 1. The molecule has 0 aliphatic carbocycles. The minimum Gasteiger partial charge on any atom is -0.467 e. The third kappa shape index (κ3) is 10.7. The molecular formula is C51H47N3O7S. The summed E-state index contributed by atoms with van der Waals surface area (Å²) in [5.74, 6) is 0.797. The molecule has 0 bridgehead atoms. The van der Waals surface area contributed by atoms with E-state index < -0.39 is 24.3 Å². The molecule has 1 saturated heterocycles. The van der Waals surface area contributed by atoms with Crippen LogP contribution < -0.4 is 10.6 Å². The van der Waals surface area contributed by atoms with Gasteiger partial charge in [-0.15, -0.1) is 0 Å². The van der Waals surface area contributed by atoms with Gasteiger partial charge in [-0.3, -0.25) is 0 Å². The Morgan fingerprint density at radius 3 is 2.06 bits per heavy atom. The first-order valence-corrected chi connectivity index (χ1v) is 21.5. The molecule has 4 atom stereocenters. The average Bonchev–Trinajstić information content (AvgIpc) is 3.78. The zero-order valence-electron chi connectivity index (χ0n) is 34.2. The number of nitrogens with zero attached hydrogens (tertiary/aromatic N) is 1. The number of aliphatic hydroxyl groups is 1. The van der Waals surface area contributed by atoms with Gasteiger partial charge in [-0.1, -0.05) is 169 Å². The normalized spacial score (nSPS) is 16.6. The molecule has 7 aromatic rings. The van der Waals surface area contributed by atoms with E-state index in [1.807, 2.05) is 164 Å². The number of hydrogen-bond donors (Lipinski definition) is 3. The van der Waals surface area contributed by atoms with Gasteiger partial charge in [0.2, 0.25) is 0 Å². The van der Waals surface area contributed by atoms with Crippen LogP contribution in [0.5, 0.6) is 0 Å². The molecule has 6 aromatic carbocycles. The van der Waals surface area contributed by atoms with E-state index >= 15 is 0 Å². The third-order valence-electron chi connectivity index (χ3n) is 10.7. The predicted octanol–water partition coefficient (Wildman–Crippen LogP) is 10.1. The lowest BCUT2D eigenvalue weighted by atomic mass is 9.99. The standard InChI is InChI=1S/C51H47N3O7S/c1-58-48(56)44(29-34-12-5-2-6-13-34)53-50(57)52-31-36-14-11-19-42(28-36)37-24-26-41(27-25-37)49-59-43(30-45(60-49)38-22-20-35(32-55)21-23-38)33-62-51-54-46(39-15-7-3-8-16-39)47(61-51)40-17-9-4-10-18-40/h2-28,43-45,49,55H,29-33H2,1H3,(H2,52,53,57)/t43-,44+,45+,49+/m1/s1. The fourth-order valence-electron chi connectivity index (χ4n) is 7.40. The minimum absolute atomic E-state index is 0.0311. The van der Waals surface area contributed by atoms with Gasteiger partial charge < -0.3 is 34.4 Å². The van der Waals surface area contributed by atoms with Crippen molar-refractivity contribution in [2.45, 2.75) is 55.8 Å². The van der Waals surface area contributed by atoms with Gasteiger partial charge in [-0.05, 0) is 39.4 Å². The molecule has 1 fully saturated rings. The largest absolute Gasteiger partial charge is 0.467 e. The van der Waals surface area contributed by atoms with E-state index in [4.69, 9.17) is 23.6 Å². The average molecular weight is 846 g/mol. The summed E-state index contributed by atoms with van der Waals surface area (Å²) in [7, 11) is 1.31. The molecule has 0 spiro atoms. The Labute approximate surface area is 365 Å². The number of esters is 1. The lowest BCUT2D eigenvalue weighted by Gasteiger charge is -2.36. The minimum atomic E-state index is -0.824. The number of ether oxygens (including phenoxy) is 3. The maximum Gasteiger partial charge on any atom is 0.328 e. The van der Waals surface area contributed by atoms with Crippen LogP contribution in [-0.4, -0.2) is 47.1 Å². The smallest absolute Gasteiger partial charge is 0.328 e. The number of benzene rings is 6. The number of rotatable bonds is 15. The summed E-state index contributed by atoms with van der Waals surface area (Å²) < 4.78 is 24.7. The molecule has 62 heavy (non-hydrogen) atoms. The number of amides is 2. The van der Waals surface area contributed by atoms with Gasteiger partial charge in [0, 0.05) is 41.8 Å². The first-order valence-electron chi connectivity index (χ1n) is 20.5. The third-order valence-corrected chi connectivity index (χ3v) is 11.6. The number of oxazole rings is 1. The first-order chi connectivity index (χ1) is 30.4. The van der Waals surface area contributed by atoms with Gasteiger partial charge in [0.15, 0.2) is 12.1 Å². The van der Waals surface area contributed by atoms with E-state index in [0.29, 0.717) is 23.8 Å². The highest BCUT2D eigenvalue weighted by molar-refractivity contribution is 7.99. The van der Waals surface area contributed by atoms with Crippen LogP contribution in [0.25, 0.3) is 33.7 Å². The quantitative estimate of drug-likeness (QED) is 0.0682. The van der Waals surface area contributed by atoms with Gasteiger partial charge in [0.05, 0.1) is 25.9 Å². The maximum absolute atomic E-state index is 12.9. The first kappa shape index (κ1) is 42.2. The number of carbonyl (C=O) groups excluding carboxylic acids is 2. The molecule has 0 radical (unpaired) electrons. The van der Waals surface area contributed by atoms with Crippen molar-refractivity contribution in [2.75, 3.05) is 12.9 Å². The number of aliphatic hydroxyl groups excluding tert-OH is 1. The molecule has 1 aromatic heterocycles. The number of methoxy groups -OCH3 is 1. The Morgan fingerprint density at radius 1 is 0.726 bits per heavy atom. The lowest BCUT2D eigenvalue weighted by Crippen LogP contribution is -2.47. The van der Waals surface area contributed by atoms with Gasteiger partial charge >= 0.3 is 12.0 Å². The van der Waals surface area contributed by atoms with Crippen molar-refractivity contribution in [3.05, 3.63) is 192 Å². The number of aromatic nitrogens is 1. The van der Waals surface area contributed by atoms with Crippen LogP contribution in [0.2, 0.25) is 0 Å². The molecule has 314 valence electrons. The Morgan fingerprint density at radius 2 is 1.37 bits per heavy atom. The van der Waals surface area contributed by atoms with Crippen molar-refractivity contribution >= 4 is 23.8 Å². The maximum atomic E-state index is 12.9. The van der Waals surface area contributed by atoms with Crippen LogP contribution in [-0.2, 0) is 38.6 Å². The Balaban J connectivity index is 0.951. The van der Waals surface area contributed by atoms with E-state index in [1.165, 1.54) is 18.9 Å². The number of nitrogens with one attached hydrogen (secondary N) is 2. The van der Waals surface area contributed by atoms with Crippen LogP contribution in [0.4, 0.5) is 4.79 Å². The Bertz CT molecular complexity index is 2480.